The van der Waals surface area contributed by atoms with Crippen molar-refractivity contribution in [1.29, 1.82) is 0 Å². The van der Waals surface area contributed by atoms with Gasteiger partial charge in [-0.15, -0.1) is 0 Å². The summed E-state index contributed by atoms with van der Waals surface area (Å²) in [6, 6.07) is 3.43. The smallest absolute Gasteiger partial charge is 0.317 e. The summed E-state index contributed by atoms with van der Waals surface area (Å²) in [7, 11) is 0. The van der Waals surface area contributed by atoms with Crippen LogP contribution in [0.3, 0.4) is 0 Å². The van der Waals surface area contributed by atoms with Crippen LogP contribution >= 0.6 is 0 Å². The number of ether oxygens (including phenoxy) is 1. The molecule has 1 aromatic rings. The standard InChI is InChI=1S/C13H17N3O5/c17-15(18)11-3-4-13(12(8-11)16(19)20)21-7-5-10-2-1-6-14-9-10/h3-4,8,10,14H,1-2,5-7,9H2. The van der Waals surface area contributed by atoms with Crippen molar-refractivity contribution in [3.63, 3.8) is 0 Å². The van der Waals surface area contributed by atoms with E-state index in [0.29, 0.717) is 12.5 Å². The van der Waals surface area contributed by atoms with Crippen molar-refractivity contribution in [1.82, 2.24) is 5.32 Å². The van der Waals surface area contributed by atoms with Gasteiger partial charge in [0.15, 0.2) is 5.75 Å². The SMILES string of the molecule is O=[N+]([O-])c1ccc(OCCC2CCCNC2)c([N+](=O)[O-])c1. The summed E-state index contributed by atoms with van der Waals surface area (Å²) in [5.41, 5.74) is -0.684. The van der Waals surface area contributed by atoms with Crippen LogP contribution in [0, 0.1) is 26.1 Å². The van der Waals surface area contributed by atoms with Crippen LogP contribution in [-0.2, 0) is 0 Å². The molecule has 1 fully saturated rings. The number of rotatable bonds is 6. The van der Waals surface area contributed by atoms with E-state index >= 15 is 0 Å². The number of benzene rings is 1. The molecule has 8 nitrogen and oxygen atoms in total. The zero-order valence-corrected chi connectivity index (χ0v) is 11.5. The summed E-state index contributed by atoms with van der Waals surface area (Å²) < 4.78 is 5.44. The molecule has 0 aliphatic carbocycles. The maximum atomic E-state index is 11.0. The summed E-state index contributed by atoms with van der Waals surface area (Å²) in [4.78, 5) is 20.3. The summed E-state index contributed by atoms with van der Waals surface area (Å²) in [5, 5.41) is 24.9. The van der Waals surface area contributed by atoms with Crippen molar-refractivity contribution in [3.05, 3.63) is 38.4 Å². The minimum Gasteiger partial charge on any atom is -0.487 e. The van der Waals surface area contributed by atoms with Crippen molar-refractivity contribution in [2.75, 3.05) is 19.7 Å². The van der Waals surface area contributed by atoms with Crippen LogP contribution in [0.4, 0.5) is 11.4 Å². The predicted molar refractivity (Wildman–Crippen MR) is 75.5 cm³/mol. The van der Waals surface area contributed by atoms with Gasteiger partial charge >= 0.3 is 5.69 Å². The van der Waals surface area contributed by atoms with E-state index in [9.17, 15) is 20.2 Å². The van der Waals surface area contributed by atoms with Gasteiger partial charge in [0.1, 0.15) is 0 Å². The molecule has 1 unspecified atom stereocenters. The van der Waals surface area contributed by atoms with Gasteiger partial charge in [-0.3, -0.25) is 20.2 Å². The van der Waals surface area contributed by atoms with Crippen molar-refractivity contribution < 1.29 is 14.6 Å². The molecule has 2 rings (SSSR count). The molecule has 8 heteroatoms. The molecule has 0 spiro atoms. The molecule has 1 saturated heterocycles. The van der Waals surface area contributed by atoms with Gasteiger partial charge in [-0.1, -0.05) is 0 Å². The maximum absolute atomic E-state index is 11.0. The molecule has 0 saturated carbocycles. The highest BCUT2D eigenvalue weighted by molar-refractivity contribution is 5.53. The van der Waals surface area contributed by atoms with Crippen LogP contribution < -0.4 is 10.1 Å². The summed E-state index contributed by atoms with van der Waals surface area (Å²) in [5.74, 6) is 0.588. The molecule has 1 aliphatic rings. The Labute approximate surface area is 121 Å². The number of non-ortho nitro benzene ring substituents is 1. The van der Waals surface area contributed by atoms with Gasteiger partial charge in [-0.2, -0.15) is 0 Å². The molecule has 1 atom stereocenters. The van der Waals surface area contributed by atoms with E-state index in [1.54, 1.807) is 0 Å². The molecule has 114 valence electrons. The first-order valence-corrected chi connectivity index (χ1v) is 6.84. The molecule has 0 bridgehead atoms. The van der Waals surface area contributed by atoms with Crippen molar-refractivity contribution in [3.8, 4) is 5.75 Å². The Balaban J connectivity index is 1.98. The van der Waals surface area contributed by atoms with Crippen LogP contribution in [0.5, 0.6) is 5.75 Å². The lowest BCUT2D eigenvalue weighted by atomic mass is 9.97. The third kappa shape index (κ3) is 4.12. The predicted octanol–water partition coefficient (Wildman–Crippen LogP) is 2.27. The number of hydrogen-bond donors (Lipinski definition) is 1. The third-order valence-corrected chi connectivity index (χ3v) is 3.53. The molecular formula is C13H17N3O5. The monoisotopic (exact) mass is 295 g/mol. The van der Waals surface area contributed by atoms with Crippen LogP contribution in [-0.4, -0.2) is 29.5 Å². The Bertz CT molecular complexity index is 529. The lowest BCUT2D eigenvalue weighted by Gasteiger charge is -2.22. The lowest BCUT2D eigenvalue weighted by molar-refractivity contribution is -0.394. The molecular weight excluding hydrogens is 278 g/mol. The Hall–Kier alpha value is -2.22. The number of nitrogens with one attached hydrogen (secondary N) is 1. The number of piperidine rings is 1. The van der Waals surface area contributed by atoms with Gasteiger partial charge in [-0.05, 0) is 44.3 Å². The number of nitrogens with zero attached hydrogens (tertiary/aromatic N) is 2. The lowest BCUT2D eigenvalue weighted by Crippen LogP contribution is -2.30. The van der Waals surface area contributed by atoms with Crippen LogP contribution in [0.2, 0.25) is 0 Å². The van der Waals surface area contributed by atoms with Gasteiger partial charge in [0.25, 0.3) is 5.69 Å². The third-order valence-electron chi connectivity index (χ3n) is 3.53. The van der Waals surface area contributed by atoms with Gasteiger partial charge in [-0.25, -0.2) is 0 Å². The second kappa shape index (κ2) is 6.98. The fourth-order valence-corrected chi connectivity index (χ4v) is 2.39. The zero-order valence-electron chi connectivity index (χ0n) is 11.5. The quantitative estimate of drug-likeness (QED) is 0.637. The molecule has 1 aromatic carbocycles. The second-order valence-corrected chi connectivity index (χ2v) is 5.02. The van der Waals surface area contributed by atoms with Crippen molar-refractivity contribution >= 4 is 11.4 Å². The first-order chi connectivity index (χ1) is 10.1. The van der Waals surface area contributed by atoms with E-state index in [4.69, 9.17) is 4.74 Å². The fourth-order valence-electron chi connectivity index (χ4n) is 2.39. The molecule has 1 N–H and O–H groups in total. The average molecular weight is 295 g/mol. The van der Waals surface area contributed by atoms with Gasteiger partial charge in [0.05, 0.1) is 22.5 Å². The van der Waals surface area contributed by atoms with E-state index in [0.717, 1.165) is 38.4 Å². The minimum absolute atomic E-state index is 0.0781. The van der Waals surface area contributed by atoms with Crippen LogP contribution in [0.15, 0.2) is 18.2 Å². The average Bonchev–Trinajstić information content (AvgIpc) is 2.48. The van der Waals surface area contributed by atoms with Crippen LogP contribution in [0.1, 0.15) is 19.3 Å². The number of nitro benzene ring substituents is 2. The Kier molecular flexibility index (Phi) is 5.04. The molecule has 0 amide bonds. The van der Waals surface area contributed by atoms with Gasteiger partial charge in [0.2, 0.25) is 0 Å². The number of hydrogen-bond acceptors (Lipinski definition) is 6. The van der Waals surface area contributed by atoms with Crippen molar-refractivity contribution in [2.45, 2.75) is 19.3 Å². The normalized spacial score (nSPS) is 18.2. The highest BCUT2D eigenvalue weighted by Crippen LogP contribution is 2.31. The topological polar surface area (TPSA) is 108 Å². The highest BCUT2D eigenvalue weighted by Gasteiger charge is 2.21. The zero-order chi connectivity index (χ0) is 15.2. The molecule has 0 aromatic heterocycles. The molecule has 1 aliphatic heterocycles. The second-order valence-electron chi connectivity index (χ2n) is 5.02. The molecule has 0 radical (unpaired) electrons. The Morgan fingerprint density at radius 2 is 2.10 bits per heavy atom. The molecule has 21 heavy (non-hydrogen) atoms. The maximum Gasteiger partial charge on any atom is 0.317 e. The van der Waals surface area contributed by atoms with E-state index in [1.165, 1.54) is 12.1 Å². The largest absolute Gasteiger partial charge is 0.487 e. The highest BCUT2D eigenvalue weighted by atomic mass is 16.6. The van der Waals surface area contributed by atoms with E-state index in [1.807, 2.05) is 0 Å². The Morgan fingerprint density at radius 3 is 2.71 bits per heavy atom. The fraction of sp³-hybridized carbons (Fsp3) is 0.538. The van der Waals surface area contributed by atoms with Crippen LogP contribution in [0.25, 0.3) is 0 Å². The summed E-state index contributed by atoms with van der Waals surface area (Å²) in [6.07, 6.45) is 3.06. The number of nitro groups is 2. The molecule has 1 heterocycles. The Morgan fingerprint density at radius 1 is 1.29 bits per heavy atom. The van der Waals surface area contributed by atoms with Gasteiger partial charge < -0.3 is 10.1 Å². The first kappa shape index (κ1) is 15.2. The minimum atomic E-state index is -0.662. The van der Waals surface area contributed by atoms with E-state index in [2.05, 4.69) is 5.32 Å². The van der Waals surface area contributed by atoms with Gasteiger partial charge in [0, 0.05) is 6.07 Å². The summed E-state index contributed by atoms with van der Waals surface area (Å²) in [6.45, 7) is 2.34. The first-order valence-electron chi connectivity index (χ1n) is 6.84. The van der Waals surface area contributed by atoms with E-state index in [-0.39, 0.29) is 17.1 Å². The van der Waals surface area contributed by atoms with Crippen molar-refractivity contribution in [2.24, 2.45) is 5.92 Å². The van der Waals surface area contributed by atoms with E-state index < -0.39 is 9.85 Å². The summed E-state index contributed by atoms with van der Waals surface area (Å²) >= 11 is 0.